The van der Waals surface area contributed by atoms with E-state index >= 15 is 0 Å². The van der Waals surface area contributed by atoms with Crippen molar-refractivity contribution in [3.63, 3.8) is 0 Å². The van der Waals surface area contributed by atoms with Gasteiger partial charge in [-0.2, -0.15) is 0 Å². The van der Waals surface area contributed by atoms with Gasteiger partial charge in [-0.25, -0.2) is 0 Å². The number of hydrogen-bond donors (Lipinski definition) is 0. The molecule has 0 bridgehead atoms. The van der Waals surface area contributed by atoms with E-state index in [0.717, 1.165) is 0 Å². The van der Waals surface area contributed by atoms with Crippen molar-refractivity contribution < 1.29 is 0 Å². The molecule has 0 saturated heterocycles. The van der Waals surface area contributed by atoms with Crippen LogP contribution in [0.3, 0.4) is 0 Å². The molecule has 8 aromatic carbocycles. The first kappa shape index (κ1) is 28.2. The van der Waals surface area contributed by atoms with Crippen LogP contribution in [0.5, 0.6) is 0 Å². The quantitative estimate of drug-likeness (QED) is 0.162. The van der Waals surface area contributed by atoms with Crippen LogP contribution in [0.4, 0.5) is 0 Å². The van der Waals surface area contributed by atoms with Gasteiger partial charge in [0, 0.05) is 0 Å². The van der Waals surface area contributed by atoms with Crippen molar-refractivity contribution in [1.82, 2.24) is 0 Å². The lowest BCUT2D eigenvalue weighted by molar-refractivity contribution is 0.793. The number of benzene rings is 8. The first-order valence-electron chi connectivity index (χ1n) is 18.4. The number of fused-ring (bicyclic) bond motifs is 20. The van der Waals surface area contributed by atoms with Gasteiger partial charge < -0.3 is 0 Å². The highest BCUT2D eigenvalue weighted by Crippen LogP contribution is 2.64. The Hall–Kier alpha value is -6.50. The second-order valence-electron chi connectivity index (χ2n) is 14.7. The zero-order chi connectivity index (χ0) is 34.0. The van der Waals surface area contributed by atoms with Gasteiger partial charge in [0.1, 0.15) is 0 Å². The molecule has 52 heavy (non-hydrogen) atoms. The lowest BCUT2D eigenvalue weighted by Crippen LogP contribution is -2.25. The highest BCUT2D eigenvalue weighted by Gasteiger charge is 2.52. The zero-order valence-electron chi connectivity index (χ0n) is 28.5. The third-order valence-electron chi connectivity index (χ3n) is 12.5. The average molecular weight is 657 g/mol. The lowest BCUT2D eigenvalue weighted by Gasteiger charge is -2.30. The molecule has 4 aliphatic carbocycles. The van der Waals surface area contributed by atoms with E-state index in [4.69, 9.17) is 0 Å². The normalized spacial score (nSPS) is 15.2. The first-order valence-corrected chi connectivity index (χ1v) is 18.4. The third-order valence-corrected chi connectivity index (χ3v) is 12.5. The van der Waals surface area contributed by atoms with Crippen molar-refractivity contribution in [2.24, 2.45) is 0 Å². The van der Waals surface area contributed by atoms with Crippen LogP contribution in [-0.4, -0.2) is 0 Å². The van der Waals surface area contributed by atoms with Crippen LogP contribution < -0.4 is 0 Å². The maximum atomic E-state index is 2.46. The van der Waals surface area contributed by atoms with E-state index < -0.39 is 0 Å². The molecular formula is C52H32. The Morgan fingerprint density at radius 1 is 0.231 bits per heavy atom. The molecule has 0 amide bonds. The molecule has 0 heteroatoms. The zero-order valence-corrected chi connectivity index (χ0v) is 28.5. The first-order chi connectivity index (χ1) is 25.8. The molecule has 0 aromatic heterocycles. The molecule has 0 radical (unpaired) electrons. The summed E-state index contributed by atoms with van der Waals surface area (Å²) in [5.74, 6) is 0. The SMILES string of the molecule is C(=C\c1ccc2c(c1)C1(c3ccccc3-c3ccccc31)c1ccccc1-2)/c1ccc2c(c1)C1(c3ccccc3-c3ccccc31)c1ccccc1-2. The molecule has 0 heterocycles. The summed E-state index contributed by atoms with van der Waals surface area (Å²) < 4.78 is 0. The van der Waals surface area contributed by atoms with Crippen molar-refractivity contribution in [1.29, 1.82) is 0 Å². The van der Waals surface area contributed by atoms with Crippen molar-refractivity contribution in [2.45, 2.75) is 10.8 Å². The molecule has 12 rings (SSSR count). The molecule has 8 aromatic rings. The van der Waals surface area contributed by atoms with Crippen LogP contribution in [-0.2, 0) is 10.8 Å². The van der Waals surface area contributed by atoms with Gasteiger partial charge in [0.2, 0.25) is 0 Å². The Balaban J connectivity index is 1.03. The Labute approximate surface area is 304 Å². The summed E-state index contributed by atoms with van der Waals surface area (Å²) in [4.78, 5) is 0. The van der Waals surface area contributed by atoms with E-state index in [1.807, 2.05) is 0 Å². The van der Waals surface area contributed by atoms with Gasteiger partial charge in [-0.15, -0.1) is 0 Å². The van der Waals surface area contributed by atoms with E-state index in [1.165, 1.54) is 100 Å². The van der Waals surface area contributed by atoms with Gasteiger partial charge in [0.15, 0.2) is 0 Å². The van der Waals surface area contributed by atoms with E-state index in [2.05, 4.69) is 194 Å². The highest BCUT2D eigenvalue weighted by atomic mass is 14.5. The number of rotatable bonds is 2. The van der Waals surface area contributed by atoms with Crippen LogP contribution in [0.25, 0.3) is 56.7 Å². The molecule has 2 spiro atoms. The Kier molecular flexibility index (Phi) is 5.46. The fourth-order valence-corrected chi connectivity index (χ4v) is 10.6. The maximum Gasteiger partial charge on any atom is 0.0725 e. The number of hydrogen-bond acceptors (Lipinski definition) is 0. The minimum absolute atomic E-state index is 0.335. The smallest absolute Gasteiger partial charge is 0.0619 e. The van der Waals surface area contributed by atoms with Crippen molar-refractivity contribution in [2.75, 3.05) is 0 Å². The largest absolute Gasteiger partial charge is 0.0725 e. The average Bonchev–Trinajstić information content (AvgIpc) is 3.89. The van der Waals surface area contributed by atoms with Crippen LogP contribution in [0.2, 0.25) is 0 Å². The maximum absolute atomic E-state index is 2.46. The summed E-state index contributed by atoms with van der Waals surface area (Å²) >= 11 is 0. The molecular weight excluding hydrogens is 625 g/mol. The van der Waals surface area contributed by atoms with E-state index in [9.17, 15) is 0 Å². The molecule has 0 aliphatic heterocycles. The van der Waals surface area contributed by atoms with Gasteiger partial charge in [-0.3, -0.25) is 0 Å². The predicted molar refractivity (Wildman–Crippen MR) is 214 cm³/mol. The summed E-state index contributed by atoms with van der Waals surface area (Å²) in [5.41, 5.74) is 23.4. The molecule has 0 atom stereocenters. The van der Waals surface area contributed by atoms with Crippen LogP contribution in [0, 0.1) is 0 Å². The molecule has 0 nitrogen and oxygen atoms in total. The second-order valence-corrected chi connectivity index (χ2v) is 14.7. The van der Waals surface area contributed by atoms with Crippen molar-refractivity contribution >= 4 is 12.2 Å². The summed E-state index contributed by atoms with van der Waals surface area (Å²) in [6.07, 6.45) is 4.63. The van der Waals surface area contributed by atoms with E-state index in [-0.39, 0.29) is 10.8 Å². The molecule has 0 N–H and O–H groups in total. The Morgan fingerprint density at radius 2 is 0.462 bits per heavy atom. The minimum atomic E-state index is -0.335. The van der Waals surface area contributed by atoms with Gasteiger partial charge in [-0.1, -0.05) is 182 Å². The van der Waals surface area contributed by atoms with Crippen LogP contribution in [0.1, 0.15) is 55.6 Å². The Morgan fingerprint density at radius 3 is 0.731 bits per heavy atom. The second kappa shape index (κ2) is 10.1. The van der Waals surface area contributed by atoms with Gasteiger partial charge in [-0.05, 0) is 112 Å². The predicted octanol–water partition coefficient (Wildman–Crippen LogP) is 12.5. The van der Waals surface area contributed by atoms with Gasteiger partial charge in [0.05, 0.1) is 10.8 Å². The fraction of sp³-hybridized carbons (Fsp3) is 0.0385. The fourth-order valence-electron chi connectivity index (χ4n) is 10.6. The summed E-state index contributed by atoms with van der Waals surface area (Å²) in [5, 5.41) is 0. The molecule has 4 aliphatic rings. The van der Waals surface area contributed by atoms with E-state index in [0.29, 0.717) is 0 Å². The topological polar surface area (TPSA) is 0 Å². The summed E-state index contributed by atoms with van der Waals surface area (Å²) in [6.45, 7) is 0. The van der Waals surface area contributed by atoms with Crippen molar-refractivity contribution in [3.8, 4) is 44.5 Å². The summed E-state index contributed by atoms with van der Waals surface area (Å²) in [6, 6.07) is 68.4. The third kappa shape index (κ3) is 3.29. The molecule has 0 saturated carbocycles. The molecule has 0 fully saturated rings. The van der Waals surface area contributed by atoms with Crippen LogP contribution in [0.15, 0.2) is 182 Å². The standard InChI is InChI=1S/C52H32/c1-7-19-43-35(13-1)36-14-2-8-20-44(36)51(43)47-23-11-5-17-39(47)41-29-27-33(31-49(41)51)25-26-34-28-30-42-40-18-6-12-24-48(40)52(50(42)32-34)45-21-9-3-15-37(45)38-16-4-10-22-46(38)52/h1-32H/b26-25+. The van der Waals surface area contributed by atoms with Crippen molar-refractivity contribution in [3.05, 3.63) is 238 Å². The van der Waals surface area contributed by atoms with Gasteiger partial charge >= 0.3 is 0 Å². The van der Waals surface area contributed by atoms with Crippen LogP contribution >= 0.6 is 0 Å². The molecule has 0 unspecified atom stereocenters. The van der Waals surface area contributed by atoms with E-state index in [1.54, 1.807) is 0 Å². The Bertz CT molecular complexity index is 2540. The molecule has 240 valence electrons. The van der Waals surface area contributed by atoms with Gasteiger partial charge in [0.25, 0.3) is 0 Å². The minimum Gasteiger partial charge on any atom is -0.0619 e. The monoisotopic (exact) mass is 656 g/mol. The highest BCUT2D eigenvalue weighted by molar-refractivity contribution is 5.97. The summed E-state index contributed by atoms with van der Waals surface area (Å²) in [7, 11) is 0. The lowest BCUT2D eigenvalue weighted by atomic mass is 9.70.